The Balaban J connectivity index is 1.73. The van der Waals surface area contributed by atoms with Gasteiger partial charge in [-0.05, 0) is 31.1 Å². The van der Waals surface area contributed by atoms with Crippen LogP contribution < -0.4 is 0 Å². The zero-order valence-electron chi connectivity index (χ0n) is 7.61. The molecule has 3 rings (SSSR count). The molecule has 2 heteroatoms. The summed E-state index contributed by atoms with van der Waals surface area (Å²) in [5.74, 6) is 2.15. The van der Waals surface area contributed by atoms with Gasteiger partial charge < -0.3 is 4.74 Å². The number of ether oxygens (including phenoxy) is 1. The Hall–Kier alpha value is -0.790. The Morgan fingerprint density at radius 1 is 1.31 bits per heavy atom. The van der Waals surface area contributed by atoms with Gasteiger partial charge in [-0.25, -0.2) is 0 Å². The molecule has 3 aliphatic rings. The minimum Gasteiger partial charge on any atom is -0.462 e. The molecular formula is C11H14O2. The fraction of sp³-hybridized carbons (Fsp3) is 0.727. The van der Waals surface area contributed by atoms with Crippen molar-refractivity contribution in [3.63, 3.8) is 0 Å². The molecule has 1 heterocycles. The molecular weight excluding hydrogens is 164 g/mol. The Labute approximate surface area is 78.0 Å². The third kappa shape index (κ3) is 1.11. The van der Waals surface area contributed by atoms with Gasteiger partial charge in [0.15, 0.2) is 0 Å². The maximum Gasteiger partial charge on any atom is 0.306 e. The van der Waals surface area contributed by atoms with E-state index in [1.165, 1.54) is 12.8 Å². The molecule has 1 saturated carbocycles. The van der Waals surface area contributed by atoms with E-state index in [4.69, 9.17) is 4.74 Å². The molecule has 2 fully saturated rings. The maximum absolute atomic E-state index is 11.0. The van der Waals surface area contributed by atoms with E-state index in [2.05, 4.69) is 12.2 Å². The summed E-state index contributed by atoms with van der Waals surface area (Å²) in [5.41, 5.74) is 0. The van der Waals surface area contributed by atoms with Crippen LogP contribution in [-0.4, -0.2) is 12.1 Å². The van der Waals surface area contributed by atoms with Crippen molar-refractivity contribution in [2.45, 2.75) is 31.8 Å². The summed E-state index contributed by atoms with van der Waals surface area (Å²) in [6.07, 6.45) is 9.05. The summed E-state index contributed by atoms with van der Waals surface area (Å²) in [4.78, 5) is 11.0. The van der Waals surface area contributed by atoms with Gasteiger partial charge in [-0.15, -0.1) is 0 Å². The third-order valence-electron chi connectivity index (χ3n) is 3.72. The molecule has 4 atom stereocenters. The number of hydrogen-bond donors (Lipinski definition) is 0. The quantitative estimate of drug-likeness (QED) is 0.453. The molecule has 1 aliphatic heterocycles. The lowest BCUT2D eigenvalue weighted by atomic mass is 9.87. The van der Waals surface area contributed by atoms with Crippen molar-refractivity contribution in [2.75, 3.05) is 0 Å². The lowest BCUT2D eigenvalue weighted by Gasteiger charge is -2.23. The Kier molecular flexibility index (Phi) is 1.52. The zero-order valence-corrected chi connectivity index (χ0v) is 7.61. The Morgan fingerprint density at radius 3 is 2.77 bits per heavy atom. The number of cyclic esters (lactones) is 1. The molecule has 13 heavy (non-hydrogen) atoms. The second-order valence-electron chi connectivity index (χ2n) is 4.51. The largest absolute Gasteiger partial charge is 0.462 e. The highest BCUT2D eigenvalue weighted by Gasteiger charge is 2.43. The first-order valence-electron chi connectivity index (χ1n) is 5.21. The van der Waals surface area contributed by atoms with Gasteiger partial charge in [0.05, 0.1) is 0 Å². The predicted octanol–water partition coefficient (Wildman–Crippen LogP) is 1.90. The van der Waals surface area contributed by atoms with Gasteiger partial charge in [-0.2, -0.15) is 0 Å². The molecule has 2 aliphatic carbocycles. The van der Waals surface area contributed by atoms with Gasteiger partial charge in [0.1, 0.15) is 6.10 Å². The summed E-state index contributed by atoms with van der Waals surface area (Å²) >= 11 is 0. The van der Waals surface area contributed by atoms with Crippen LogP contribution in [0.2, 0.25) is 0 Å². The Bertz CT molecular complexity index is 269. The number of carbonyl (C=O) groups excluding carboxylic acids is 1. The predicted molar refractivity (Wildman–Crippen MR) is 48.0 cm³/mol. The van der Waals surface area contributed by atoms with Crippen LogP contribution in [-0.2, 0) is 9.53 Å². The molecule has 0 N–H and O–H groups in total. The third-order valence-corrected chi connectivity index (χ3v) is 3.72. The van der Waals surface area contributed by atoms with Crippen molar-refractivity contribution in [2.24, 2.45) is 17.8 Å². The summed E-state index contributed by atoms with van der Waals surface area (Å²) in [5, 5.41) is 0. The molecule has 0 aromatic rings. The van der Waals surface area contributed by atoms with Crippen molar-refractivity contribution in [3.8, 4) is 0 Å². The SMILES string of the molecule is O=C1CCC(C2CC3C=CC2C3)O1. The molecule has 2 nitrogen and oxygen atoms in total. The first-order valence-corrected chi connectivity index (χ1v) is 5.21. The van der Waals surface area contributed by atoms with E-state index in [9.17, 15) is 4.79 Å². The van der Waals surface area contributed by atoms with Crippen molar-refractivity contribution >= 4 is 5.97 Å². The number of rotatable bonds is 1. The van der Waals surface area contributed by atoms with Crippen LogP contribution in [0.25, 0.3) is 0 Å². The summed E-state index contributed by atoms with van der Waals surface area (Å²) in [7, 11) is 0. The van der Waals surface area contributed by atoms with E-state index >= 15 is 0 Å². The van der Waals surface area contributed by atoms with Crippen LogP contribution in [0.4, 0.5) is 0 Å². The van der Waals surface area contributed by atoms with Gasteiger partial charge in [-0.3, -0.25) is 4.79 Å². The number of allylic oxidation sites excluding steroid dienone is 2. The average molecular weight is 178 g/mol. The highest BCUT2D eigenvalue weighted by molar-refractivity contribution is 5.71. The minimum atomic E-state index is 0.0109. The number of hydrogen-bond acceptors (Lipinski definition) is 2. The smallest absolute Gasteiger partial charge is 0.306 e. The van der Waals surface area contributed by atoms with Gasteiger partial charge in [-0.1, -0.05) is 12.2 Å². The number of carbonyl (C=O) groups is 1. The van der Waals surface area contributed by atoms with Crippen LogP contribution in [0.15, 0.2) is 12.2 Å². The molecule has 0 aromatic carbocycles. The van der Waals surface area contributed by atoms with E-state index in [1.54, 1.807) is 0 Å². The van der Waals surface area contributed by atoms with Gasteiger partial charge >= 0.3 is 5.97 Å². The minimum absolute atomic E-state index is 0.0109. The lowest BCUT2D eigenvalue weighted by Crippen LogP contribution is -2.23. The molecule has 0 spiro atoms. The van der Waals surface area contributed by atoms with Crippen molar-refractivity contribution in [1.29, 1.82) is 0 Å². The number of esters is 1. The zero-order chi connectivity index (χ0) is 8.84. The fourth-order valence-electron chi connectivity index (χ4n) is 3.10. The molecule has 1 saturated heterocycles. The number of fused-ring (bicyclic) bond motifs is 2. The second-order valence-corrected chi connectivity index (χ2v) is 4.51. The molecule has 4 unspecified atom stereocenters. The Morgan fingerprint density at radius 2 is 2.23 bits per heavy atom. The van der Waals surface area contributed by atoms with E-state index in [0.29, 0.717) is 18.3 Å². The van der Waals surface area contributed by atoms with E-state index in [0.717, 1.165) is 12.3 Å². The first-order chi connectivity index (χ1) is 6.33. The second kappa shape index (κ2) is 2.60. The topological polar surface area (TPSA) is 26.3 Å². The van der Waals surface area contributed by atoms with Crippen LogP contribution in [0.1, 0.15) is 25.7 Å². The van der Waals surface area contributed by atoms with Crippen LogP contribution >= 0.6 is 0 Å². The molecule has 0 amide bonds. The normalized spacial score (nSPS) is 47.2. The monoisotopic (exact) mass is 178 g/mol. The summed E-state index contributed by atoms with van der Waals surface area (Å²) in [6.45, 7) is 0. The van der Waals surface area contributed by atoms with Gasteiger partial charge in [0.2, 0.25) is 0 Å². The highest BCUT2D eigenvalue weighted by Crippen LogP contribution is 2.47. The van der Waals surface area contributed by atoms with Crippen molar-refractivity contribution in [3.05, 3.63) is 12.2 Å². The maximum atomic E-state index is 11.0. The lowest BCUT2D eigenvalue weighted by molar-refractivity contribution is -0.143. The fourth-order valence-corrected chi connectivity index (χ4v) is 3.10. The molecule has 0 aromatic heterocycles. The average Bonchev–Trinajstić information content (AvgIpc) is 2.77. The van der Waals surface area contributed by atoms with Gasteiger partial charge in [0, 0.05) is 12.3 Å². The van der Waals surface area contributed by atoms with Gasteiger partial charge in [0.25, 0.3) is 0 Å². The van der Waals surface area contributed by atoms with Crippen molar-refractivity contribution < 1.29 is 9.53 Å². The highest BCUT2D eigenvalue weighted by atomic mass is 16.5. The van der Waals surface area contributed by atoms with Crippen LogP contribution in [0.5, 0.6) is 0 Å². The van der Waals surface area contributed by atoms with Crippen LogP contribution in [0, 0.1) is 17.8 Å². The standard InChI is InChI=1S/C11H14O2/c12-11-4-3-10(13-11)9-6-7-1-2-8(9)5-7/h1-2,7-10H,3-6H2. The molecule has 2 bridgehead atoms. The summed E-state index contributed by atoms with van der Waals surface area (Å²) < 4.78 is 5.33. The van der Waals surface area contributed by atoms with E-state index < -0.39 is 0 Å². The molecule has 70 valence electrons. The van der Waals surface area contributed by atoms with E-state index in [-0.39, 0.29) is 12.1 Å². The molecule has 0 radical (unpaired) electrons. The summed E-state index contributed by atoms with van der Waals surface area (Å²) in [6, 6.07) is 0. The van der Waals surface area contributed by atoms with Crippen LogP contribution in [0.3, 0.4) is 0 Å². The first kappa shape index (κ1) is 7.60. The van der Waals surface area contributed by atoms with Crippen molar-refractivity contribution in [1.82, 2.24) is 0 Å². The van der Waals surface area contributed by atoms with E-state index in [1.807, 2.05) is 0 Å².